The van der Waals surface area contributed by atoms with E-state index in [0.29, 0.717) is 18.2 Å². The maximum absolute atomic E-state index is 9.96. The Morgan fingerprint density at radius 1 is 1.11 bits per heavy atom. The van der Waals surface area contributed by atoms with Gasteiger partial charge in [-0.1, -0.05) is 32.9 Å². The van der Waals surface area contributed by atoms with Crippen LogP contribution in [0.3, 0.4) is 0 Å². The van der Waals surface area contributed by atoms with Crippen LogP contribution >= 0.6 is 0 Å². The average Bonchev–Trinajstić information content (AvgIpc) is 2.25. The Hall–Kier alpha value is -0.650. The number of nitrogens with zero attached hydrogens (tertiary/aromatic N) is 1. The third-order valence-electron chi connectivity index (χ3n) is 2.49. The highest BCUT2D eigenvalue weighted by atomic mass is 16.6. The van der Waals surface area contributed by atoms with Crippen molar-refractivity contribution in [1.29, 1.82) is 0 Å². The van der Waals surface area contributed by atoms with Crippen LogP contribution in [0.25, 0.3) is 0 Å². The fraction of sp³-hybridized carbons (Fsp3) is 0.923. The van der Waals surface area contributed by atoms with E-state index in [4.69, 9.17) is 9.57 Å². The molecule has 2 N–H and O–H groups in total. The first-order valence-electron chi connectivity index (χ1n) is 6.39. The van der Waals surface area contributed by atoms with Crippen LogP contribution in [0.2, 0.25) is 0 Å². The number of rotatable bonds is 8. The van der Waals surface area contributed by atoms with Gasteiger partial charge in [-0.05, 0) is 18.8 Å². The van der Waals surface area contributed by atoms with Crippen molar-refractivity contribution in [3.63, 3.8) is 0 Å². The van der Waals surface area contributed by atoms with Crippen molar-refractivity contribution in [2.75, 3.05) is 13.7 Å². The van der Waals surface area contributed by atoms with Gasteiger partial charge in [0.2, 0.25) is 0 Å². The van der Waals surface area contributed by atoms with Gasteiger partial charge >= 0.3 is 0 Å². The molecular weight excluding hydrogens is 234 g/mol. The molecule has 0 aromatic rings. The number of aliphatic hydroxyl groups excluding tert-OH is 2. The lowest BCUT2D eigenvalue weighted by atomic mass is 9.96. The van der Waals surface area contributed by atoms with Crippen molar-refractivity contribution >= 4 is 5.71 Å². The maximum atomic E-state index is 9.96. The molecule has 0 aliphatic carbocycles. The van der Waals surface area contributed by atoms with Crippen LogP contribution in [0.4, 0.5) is 0 Å². The van der Waals surface area contributed by atoms with E-state index in [0.717, 1.165) is 0 Å². The molecule has 0 heterocycles. The van der Waals surface area contributed by atoms with Crippen LogP contribution < -0.4 is 0 Å². The van der Waals surface area contributed by atoms with Crippen LogP contribution in [0.1, 0.15) is 34.6 Å². The van der Waals surface area contributed by atoms with Gasteiger partial charge < -0.3 is 19.8 Å². The minimum absolute atomic E-state index is 0.129. The molecule has 0 saturated carbocycles. The van der Waals surface area contributed by atoms with Gasteiger partial charge in [-0.15, -0.1) is 0 Å². The Morgan fingerprint density at radius 2 is 1.67 bits per heavy atom. The third-order valence-corrected chi connectivity index (χ3v) is 2.49. The Morgan fingerprint density at radius 3 is 2.00 bits per heavy atom. The number of hydrogen-bond acceptors (Lipinski definition) is 5. The van der Waals surface area contributed by atoms with Crippen molar-refractivity contribution in [2.24, 2.45) is 17.0 Å². The summed E-state index contributed by atoms with van der Waals surface area (Å²) in [4.78, 5) is 5.20. The predicted octanol–water partition coefficient (Wildman–Crippen LogP) is 1.43. The van der Waals surface area contributed by atoms with Crippen molar-refractivity contribution < 1.29 is 19.8 Å². The van der Waals surface area contributed by atoms with Crippen LogP contribution in [0.5, 0.6) is 0 Å². The lowest BCUT2D eigenvalue weighted by Crippen LogP contribution is -2.42. The highest BCUT2D eigenvalue weighted by Gasteiger charge is 2.29. The van der Waals surface area contributed by atoms with Gasteiger partial charge in [-0.2, -0.15) is 0 Å². The number of methoxy groups -OCH3 is 1. The molecule has 108 valence electrons. The van der Waals surface area contributed by atoms with Crippen LogP contribution in [0.15, 0.2) is 5.16 Å². The van der Waals surface area contributed by atoms with Gasteiger partial charge in [0.1, 0.15) is 24.5 Å². The van der Waals surface area contributed by atoms with Crippen molar-refractivity contribution in [3.8, 4) is 0 Å². The standard InChI is InChI=1S/C13H27NO4/c1-8(2)7-18-14-11(12(16)10(5)15)13(17-6)9(3)4/h8-10,12-13,15-16H,7H2,1-6H3/b14-11+/t10-,12+,13?/m1/s1. The van der Waals surface area contributed by atoms with E-state index in [9.17, 15) is 10.2 Å². The zero-order valence-electron chi connectivity index (χ0n) is 12.3. The Balaban J connectivity index is 4.91. The van der Waals surface area contributed by atoms with E-state index < -0.39 is 12.2 Å². The summed E-state index contributed by atoms with van der Waals surface area (Å²) in [6.07, 6.45) is -2.37. The molecular formula is C13H27NO4. The first-order chi connectivity index (χ1) is 8.31. The molecule has 0 aromatic heterocycles. The summed E-state index contributed by atoms with van der Waals surface area (Å²) in [5.74, 6) is 0.475. The SMILES string of the molecule is COC(/C(=N/OCC(C)C)[C@@H](O)[C@@H](C)O)C(C)C. The van der Waals surface area contributed by atoms with E-state index in [-0.39, 0.29) is 12.0 Å². The Labute approximate surface area is 110 Å². The number of ether oxygens (including phenoxy) is 1. The Bertz CT molecular complexity index is 251. The Kier molecular flexibility index (Phi) is 8.15. The summed E-state index contributed by atoms with van der Waals surface area (Å²) in [6.45, 7) is 9.91. The van der Waals surface area contributed by atoms with Gasteiger partial charge in [-0.3, -0.25) is 0 Å². The summed E-state index contributed by atoms with van der Waals surface area (Å²) in [7, 11) is 1.55. The first kappa shape index (κ1) is 17.4. The first-order valence-corrected chi connectivity index (χ1v) is 6.39. The van der Waals surface area contributed by atoms with Crippen molar-refractivity contribution in [3.05, 3.63) is 0 Å². The minimum Gasteiger partial charge on any atom is -0.395 e. The third kappa shape index (κ3) is 5.80. The molecule has 0 bridgehead atoms. The van der Waals surface area contributed by atoms with Gasteiger partial charge in [-0.25, -0.2) is 0 Å². The van der Waals surface area contributed by atoms with Gasteiger partial charge in [0.15, 0.2) is 0 Å². The molecule has 0 rings (SSSR count). The topological polar surface area (TPSA) is 71.3 Å². The summed E-state index contributed by atoms with van der Waals surface area (Å²) in [6, 6.07) is 0. The van der Waals surface area contributed by atoms with E-state index in [1.165, 1.54) is 6.92 Å². The minimum atomic E-state index is -1.08. The average molecular weight is 261 g/mol. The molecule has 5 nitrogen and oxygen atoms in total. The maximum Gasteiger partial charge on any atom is 0.124 e. The molecule has 5 heteroatoms. The monoisotopic (exact) mass is 261 g/mol. The molecule has 1 unspecified atom stereocenters. The molecule has 0 saturated heterocycles. The summed E-state index contributed by atoms with van der Waals surface area (Å²) >= 11 is 0. The van der Waals surface area contributed by atoms with E-state index in [1.807, 2.05) is 27.7 Å². The van der Waals surface area contributed by atoms with Gasteiger partial charge in [0.25, 0.3) is 0 Å². The molecule has 0 spiro atoms. The number of hydrogen-bond donors (Lipinski definition) is 2. The molecule has 18 heavy (non-hydrogen) atoms. The lowest BCUT2D eigenvalue weighted by molar-refractivity contribution is 0.0421. The van der Waals surface area contributed by atoms with Gasteiger partial charge in [0, 0.05) is 7.11 Å². The molecule has 0 radical (unpaired) electrons. The highest BCUT2D eigenvalue weighted by Crippen LogP contribution is 2.13. The normalized spacial score (nSPS) is 18.0. The number of aliphatic hydroxyl groups is 2. The summed E-state index contributed by atoms with van der Waals surface area (Å²) in [5.41, 5.74) is 0.336. The lowest BCUT2D eigenvalue weighted by Gasteiger charge is -2.25. The van der Waals surface area contributed by atoms with Crippen LogP contribution in [-0.2, 0) is 9.57 Å². The number of oxime groups is 1. The molecule has 0 aliphatic heterocycles. The summed E-state index contributed by atoms with van der Waals surface area (Å²) < 4.78 is 5.32. The van der Waals surface area contributed by atoms with E-state index in [1.54, 1.807) is 7.11 Å². The van der Waals surface area contributed by atoms with Crippen LogP contribution in [-0.4, -0.2) is 48.0 Å². The zero-order chi connectivity index (χ0) is 14.3. The second-order valence-corrected chi connectivity index (χ2v) is 5.29. The molecule has 3 atom stereocenters. The second-order valence-electron chi connectivity index (χ2n) is 5.29. The largest absolute Gasteiger partial charge is 0.395 e. The molecule has 0 fully saturated rings. The highest BCUT2D eigenvalue weighted by molar-refractivity contribution is 5.92. The second kappa shape index (κ2) is 8.45. The summed E-state index contributed by atoms with van der Waals surface area (Å²) in [5, 5.41) is 23.4. The predicted molar refractivity (Wildman–Crippen MR) is 71.5 cm³/mol. The van der Waals surface area contributed by atoms with Crippen molar-refractivity contribution in [2.45, 2.75) is 52.9 Å². The quantitative estimate of drug-likeness (QED) is 0.512. The molecule has 0 aromatic carbocycles. The molecule has 0 amide bonds. The van der Waals surface area contributed by atoms with Crippen LogP contribution in [0, 0.1) is 11.8 Å². The fourth-order valence-corrected chi connectivity index (χ4v) is 1.52. The molecule has 0 aliphatic rings. The fourth-order valence-electron chi connectivity index (χ4n) is 1.52. The zero-order valence-corrected chi connectivity index (χ0v) is 12.3. The van der Waals surface area contributed by atoms with E-state index >= 15 is 0 Å². The van der Waals surface area contributed by atoms with Crippen molar-refractivity contribution in [1.82, 2.24) is 0 Å². The van der Waals surface area contributed by atoms with E-state index in [2.05, 4.69) is 5.16 Å². The smallest absolute Gasteiger partial charge is 0.124 e. The van der Waals surface area contributed by atoms with Gasteiger partial charge in [0.05, 0.1) is 6.10 Å².